The second-order valence-corrected chi connectivity index (χ2v) is 2.40. The molecule has 1 heterocycles. The molecule has 1 rings (SSSR count). The van der Waals surface area contributed by atoms with Crippen molar-refractivity contribution in [2.45, 2.75) is 4.90 Å². The Morgan fingerprint density at radius 1 is 1.70 bits per heavy atom. The van der Waals surface area contributed by atoms with Crippen LogP contribution in [0.3, 0.4) is 0 Å². The largest absolute Gasteiger partial charge is 0.494 e. The second kappa shape index (κ2) is 3.46. The third kappa shape index (κ3) is 1.42. The van der Waals surface area contributed by atoms with E-state index >= 15 is 0 Å². The number of aromatic nitrogens is 1. The SMILES string of the molecule is [CH2]Sc1ccncc1OC. The van der Waals surface area contributed by atoms with Crippen molar-refractivity contribution in [3.05, 3.63) is 24.7 Å². The molecule has 2 nitrogen and oxygen atoms in total. The summed E-state index contributed by atoms with van der Waals surface area (Å²) in [7, 11) is 1.62. The van der Waals surface area contributed by atoms with Crippen LogP contribution >= 0.6 is 11.8 Å². The molecule has 0 amide bonds. The molecule has 53 valence electrons. The molecule has 0 atom stereocenters. The summed E-state index contributed by atoms with van der Waals surface area (Å²) in [6.07, 6.45) is 7.07. The maximum Gasteiger partial charge on any atom is 0.150 e. The summed E-state index contributed by atoms with van der Waals surface area (Å²) in [5.41, 5.74) is 0. The lowest BCUT2D eigenvalue weighted by Crippen LogP contribution is -1.85. The van der Waals surface area contributed by atoms with Gasteiger partial charge in [0.1, 0.15) is 0 Å². The van der Waals surface area contributed by atoms with Crippen molar-refractivity contribution in [2.75, 3.05) is 7.11 Å². The van der Waals surface area contributed by atoms with E-state index in [-0.39, 0.29) is 0 Å². The van der Waals surface area contributed by atoms with Crippen LogP contribution in [0.15, 0.2) is 23.4 Å². The second-order valence-electron chi connectivity index (χ2n) is 1.67. The van der Waals surface area contributed by atoms with Crippen LogP contribution in [-0.4, -0.2) is 12.1 Å². The number of hydrogen-bond donors (Lipinski definition) is 0. The molecule has 0 N–H and O–H groups in total. The fraction of sp³-hybridized carbons (Fsp3) is 0.143. The van der Waals surface area contributed by atoms with E-state index in [0.29, 0.717) is 0 Å². The minimum Gasteiger partial charge on any atom is -0.494 e. The highest BCUT2D eigenvalue weighted by molar-refractivity contribution is 8.00. The Labute approximate surface area is 64.6 Å². The van der Waals surface area contributed by atoms with E-state index in [0.717, 1.165) is 10.6 Å². The molecule has 0 aliphatic heterocycles. The van der Waals surface area contributed by atoms with E-state index in [1.807, 2.05) is 6.07 Å². The molecular formula is C7H8NOS. The van der Waals surface area contributed by atoms with Crippen molar-refractivity contribution in [2.24, 2.45) is 0 Å². The first-order valence-corrected chi connectivity index (χ1v) is 3.77. The molecule has 1 aromatic heterocycles. The van der Waals surface area contributed by atoms with Crippen LogP contribution in [0.5, 0.6) is 5.75 Å². The van der Waals surface area contributed by atoms with Gasteiger partial charge in [-0.2, -0.15) is 0 Å². The molecule has 0 saturated heterocycles. The van der Waals surface area contributed by atoms with Crippen molar-refractivity contribution in [1.29, 1.82) is 0 Å². The third-order valence-electron chi connectivity index (χ3n) is 1.12. The lowest BCUT2D eigenvalue weighted by atomic mass is 10.5. The first-order chi connectivity index (χ1) is 4.88. The van der Waals surface area contributed by atoms with Gasteiger partial charge in [0.25, 0.3) is 0 Å². The zero-order valence-corrected chi connectivity index (χ0v) is 6.52. The van der Waals surface area contributed by atoms with Gasteiger partial charge in [0, 0.05) is 12.5 Å². The average Bonchev–Trinajstić information content (AvgIpc) is 2.04. The summed E-state index contributed by atoms with van der Waals surface area (Å²) in [5, 5.41) is 0. The zero-order chi connectivity index (χ0) is 7.40. The number of ether oxygens (including phenoxy) is 1. The van der Waals surface area contributed by atoms with Crippen molar-refractivity contribution in [3.8, 4) is 5.75 Å². The molecular weight excluding hydrogens is 146 g/mol. The van der Waals surface area contributed by atoms with Crippen LogP contribution in [0.1, 0.15) is 0 Å². The summed E-state index contributed by atoms with van der Waals surface area (Å²) in [6.45, 7) is 0. The van der Waals surface area contributed by atoms with Gasteiger partial charge in [-0.25, -0.2) is 0 Å². The van der Waals surface area contributed by atoms with E-state index < -0.39 is 0 Å². The molecule has 0 aliphatic rings. The highest BCUT2D eigenvalue weighted by Crippen LogP contribution is 2.25. The minimum absolute atomic E-state index is 0.780. The number of thioether (sulfide) groups is 1. The Bertz CT molecular complexity index is 192. The van der Waals surface area contributed by atoms with Gasteiger partial charge in [-0.15, -0.1) is 11.8 Å². The van der Waals surface area contributed by atoms with Gasteiger partial charge in [-0.1, -0.05) is 0 Å². The summed E-state index contributed by atoms with van der Waals surface area (Å²) in [6, 6.07) is 1.87. The Kier molecular flexibility index (Phi) is 2.57. The summed E-state index contributed by atoms with van der Waals surface area (Å²) in [5.74, 6) is 0.780. The quantitative estimate of drug-likeness (QED) is 0.608. The summed E-state index contributed by atoms with van der Waals surface area (Å²) < 4.78 is 5.01. The van der Waals surface area contributed by atoms with E-state index in [9.17, 15) is 0 Å². The maximum atomic E-state index is 5.01. The van der Waals surface area contributed by atoms with Crippen LogP contribution < -0.4 is 4.74 Å². The standard InChI is InChI=1S/C7H8NOS/c1-9-6-5-8-4-3-7(6)10-2/h3-5H,2H2,1H3. The van der Waals surface area contributed by atoms with Crippen molar-refractivity contribution in [1.82, 2.24) is 4.98 Å². The first kappa shape index (κ1) is 7.41. The predicted octanol–water partition coefficient (Wildman–Crippen LogP) is 1.97. The lowest BCUT2D eigenvalue weighted by molar-refractivity contribution is 0.403. The van der Waals surface area contributed by atoms with E-state index in [4.69, 9.17) is 4.74 Å². The molecule has 10 heavy (non-hydrogen) atoms. The van der Waals surface area contributed by atoms with Crippen LogP contribution in [0, 0.1) is 6.26 Å². The van der Waals surface area contributed by atoms with Gasteiger partial charge < -0.3 is 4.74 Å². The smallest absolute Gasteiger partial charge is 0.150 e. The fourth-order valence-electron chi connectivity index (χ4n) is 0.640. The molecule has 0 aliphatic carbocycles. The van der Waals surface area contributed by atoms with E-state index in [1.54, 1.807) is 19.5 Å². The number of pyridine rings is 1. The average molecular weight is 154 g/mol. The molecule has 1 aromatic rings. The van der Waals surface area contributed by atoms with Crippen LogP contribution in [0.2, 0.25) is 0 Å². The Morgan fingerprint density at radius 3 is 3.00 bits per heavy atom. The highest BCUT2D eigenvalue weighted by atomic mass is 32.2. The predicted molar refractivity (Wildman–Crippen MR) is 42.0 cm³/mol. The number of hydrogen-bond acceptors (Lipinski definition) is 3. The Hall–Kier alpha value is -0.700. The third-order valence-corrected chi connectivity index (χ3v) is 1.77. The molecule has 0 fully saturated rings. The van der Waals surface area contributed by atoms with Gasteiger partial charge in [-0.3, -0.25) is 4.98 Å². The molecule has 0 aromatic carbocycles. The van der Waals surface area contributed by atoms with E-state index in [1.165, 1.54) is 11.8 Å². The van der Waals surface area contributed by atoms with Gasteiger partial charge in [0.2, 0.25) is 0 Å². The number of methoxy groups -OCH3 is 1. The first-order valence-electron chi connectivity index (χ1n) is 2.78. The van der Waals surface area contributed by atoms with Gasteiger partial charge in [-0.05, 0) is 6.07 Å². The maximum absolute atomic E-state index is 5.01. The minimum atomic E-state index is 0.780. The molecule has 0 saturated carbocycles. The van der Waals surface area contributed by atoms with Crippen LogP contribution in [0.4, 0.5) is 0 Å². The summed E-state index contributed by atoms with van der Waals surface area (Å²) in [4.78, 5) is 4.91. The van der Waals surface area contributed by atoms with Crippen LogP contribution in [-0.2, 0) is 0 Å². The van der Waals surface area contributed by atoms with Gasteiger partial charge in [0.05, 0.1) is 18.2 Å². The molecule has 1 radical (unpaired) electrons. The fourth-order valence-corrected chi connectivity index (χ4v) is 1.08. The molecule has 0 bridgehead atoms. The van der Waals surface area contributed by atoms with Gasteiger partial charge >= 0.3 is 0 Å². The number of rotatable bonds is 2. The zero-order valence-electron chi connectivity index (χ0n) is 5.70. The van der Waals surface area contributed by atoms with E-state index in [2.05, 4.69) is 11.2 Å². The van der Waals surface area contributed by atoms with Crippen LogP contribution in [0.25, 0.3) is 0 Å². The molecule has 0 spiro atoms. The van der Waals surface area contributed by atoms with Crippen molar-refractivity contribution < 1.29 is 4.74 Å². The normalized spacial score (nSPS) is 9.40. The van der Waals surface area contributed by atoms with Crippen molar-refractivity contribution in [3.63, 3.8) is 0 Å². The van der Waals surface area contributed by atoms with Crippen molar-refractivity contribution >= 4 is 11.8 Å². The lowest BCUT2D eigenvalue weighted by Gasteiger charge is -2.02. The highest BCUT2D eigenvalue weighted by Gasteiger charge is 1.97. The molecule has 0 unspecified atom stereocenters. The topological polar surface area (TPSA) is 22.1 Å². The van der Waals surface area contributed by atoms with Gasteiger partial charge in [0.15, 0.2) is 5.75 Å². The molecule has 3 heteroatoms. The Balaban J connectivity index is 2.96. The Morgan fingerprint density at radius 2 is 2.50 bits per heavy atom. The summed E-state index contributed by atoms with van der Waals surface area (Å²) >= 11 is 1.40. The number of nitrogens with zero attached hydrogens (tertiary/aromatic N) is 1. The monoisotopic (exact) mass is 154 g/mol.